The molecular formula is C21H22FN3O5S. The Balaban J connectivity index is 1.76. The summed E-state index contributed by atoms with van der Waals surface area (Å²) >= 11 is 0. The Kier molecular flexibility index (Phi) is 5.57. The summed E-state index contributed by atoms with van der Waals surface area (Å²) in [5.74, 6) is -1.66. The number of aryl methyl sites for hydroxylation is 1. The minimum atomic E-state index is -4.23. The van der Waals surface area contributed by atoms with Gasteiger partial charge in [0, 0.05) is 13.0 Å². The van der Waals surface area contributed by atoms with Gasteiger partial charge in [0.05, 0.1) is 0 Å². The zero-order valence-corrected chi connectivity index (χ0v) is 17.7. The number of carbonyl (C=O) groups excluding carboxylic acids is 2. The highest BCUT2D eigenvalue weighted by molar-refractivity contribution is 7.92. The van der Waals surface area contributed by atoms with Crippen LogP contribution in [0.5, 0.6) is 5.75 Å². The molecule has 1 atom stereocenters. The van der Waals surface area contributed by atoms with Gasteiger partial charge >= 0.3 is 10.2 Å². The zero-order valence-electron chi connectivity index (χ0n) is 16.9. The number of carbonyl (C=O) groups is 2. The number of anilines is 1. The van der Waals surface area contributed by atoms with Crippen LogP contribution in [0.3, 0.4) is 0 Å². The van der Waals surface area contributed by atoms with E-state index in [1.165, 1.54) is 6.92 Å². The molecule has 10 heteroatoms. The Bertz CT molecular complexity index is 1140. The van der Waals surface area contributed by atoms with Gasteiger partial charge in [-0.05, 0) is 42.0 Å². The van der Waals surface area contributed by atoms with E-state index in [1.54, 1.807) is 6.07 Å². The summed E-state index contributed by atoms with van der Waals surface area (Å²) in [4.78, 5) is 23.2. The molecule has 1 heterocycles. The molecule has 2 amide bonds. The molecule has 1 unspecified atom stereocenters. The molecule has 8 nitrogen and oxygen atoms in total. The van der Waals surface area contributed by atoms with Crippen molar-refractivity contribution in [1.29, 1.82) is 0 Å². The van der Waals surface area contributed by atoms with E-state index >= 15 is 4.39 Å². The predicted octanol–water partition coefficient (Wildman–Crippen LogP) is 1.58. The van der Waals surface area contributed by atoms with Crippen molar-refractivity contribution in [2.45, 2.75) is 38.8 Å². The summed E-state index contributed by atoms with van der Waals surface area (Å²) in [6.45, 7) is 0.969. The van der Waals surface area contributed by atoms with Crippen LogP contribution >= 0.6 is 0 Å². The SMILES string of the molecule is CC(=O)NC1CCc2cc(OCc3ccccc3)c(N3CC(=O)NS3(=O)=O)c(F)c2C1. The average Bonchev–Trinajstić information content (AvgIpc) is 2.99. The van der Waals surface area contributed by atoms with Crippen LogP contribution in [0.1, 0.15) is 30.0 Å². The highest BCUT2D eigenvalue weighted by atomic mass is 32.2. The number of fused-ring (bicyclic) bond motifs is 1. The number of halogens is 1. The van der Waals surface area contributed by atoms with Crippen molar-refractivity contribution >= 4 is 27.7 Å². The lowest BCUT2D eigenvalue weighted by Crippen LogP contribution is -2.38. The molecule has 2 N–H and O–H groups in total. The Morgan fingerprint density at radius 2 is 2.06 bits per heavy atom. The van der Waals surface area contributed by atoms with Crippen molar-refractivity contribution < 1.29 is 27.1 Å². The first-order valence-corrected chi connectivity index (χ1v) is 11.3. The second-order valence-electron chi connectivity index (χ2n) is 7.63. The summed E-state index contributed by atoms with van der Waals surface area (Å²) < 4.78 is 49.0. The third-order valence-electron chi connectivity index (χ3n) is 5.33. The Morgan fingerprint density at radius 1 is 1.32 bits per heavy atom. The maximum atomic E-state index is 15.7. The van der Waals surface area contributed by atoms with Gasteiger partial charge in [-0.1, -0.05) is 30.3 Å². The summed E-state index contributed by atoms with van der Waals surface area (Å²) in [5.41, 5.74) is 1.55. The molecule has 0 aromatic heterocycles. The van der Waals surface area contributed by atoms with Gasteiger partial charge < -0.3 is 10.1 Å². The van der Waals surface area contributed by atoms with Gasteiger partial charge in [-0.3, -0.25) is 9.59 Å². The molecule has 0 radical (unpaired) electrons. The van der Waals surface area contributed by atoms with Gasteiger partial charge in [0.15, 0.2) is 5.82 Å². The third-order valence-corrected chi connectivity index (χ3v) is 6.70. The molecule has 2 aliphatic rings. The fourth-order valence-electron chi connectivity index (χ4n) is 3.96. The smallest absolute Gasteiger partial charge is 0.326 e. The Morgan fingerprint density at radius 3 is 2.71 bits per heavy atom. The monoisotopic (exact) mass is 447 g/mol. The number of rotatable bonds is 5. The predicted molar refractivity (Wildman–Crippen MR) is 111 cm³/mol. The van der Waals surface area contributed by atoms with Gasteiger partial charge in [-0.25, -0.2) is 13.4 Å². The van der Waals surface area contributed by atoms with Gasteiger partial charge in [0.2, 0.25) is 5.91 Å². The summed E-state index contributed by atoms with van der Waals surface area (Å²) in [6.07, 6.45) is 1.36. The molecule has 1 saturated heterocycles. The van der Waals surface area contributed by atoms with Crippen LogP contribution in [0, 0.1) is 5.82 Å². The van der Waals surface area contributed by atoms with Crippen molar-refractivity contribution in [3.63, 3.8) is 0 Å². The van der Waals surface area contributed by atoms with E-state index in [0.717, 1.165) is 5.56 Å². The molecular weight excluding hydrogens is 425 g/mol. The van der Waals surface area contributed by atoms with Gasteiger partial charge in [0.1, 0.15) is 24.6 Å². The van der Waals surface area contributed by atoms with Crippen LogP contribution in [-0.2, 0) is 39.2 Å². The van der Waals surface area contributed by atoms with E-state index in [9.17, 15) is 18.0 Å². The Labute approximate surface area is 179 Å². The first-order valence-electron chi connectivity index (χ1n) is 9.86. The second kappa shape index (κ2) is 8.18. The van der Waals surface area contributed by atoms with Crippen LogP contribution in [0.2, 0.25) is 0 Å². The summed E-state index contributed by atoms with van der Waals surface area (Å²) in [7, 11) is -4.23. The minimum Gasteiger partial charge on any atom is -0.487 e. The van der Waals surface area contributed by atoms with Crippen LogP contribution in [0.15, 0.2) is 36.4 Å². The molecule has 1 fully saturated rings. The van der Waals surface area contributed by atoms with E-state index in [0.29, 0.717) is 28.3 Å². The lowest BCUT2D eigenvalue weighted by Gasteiger charge is -2.29. The maximum absolute atomic E-state index is 15.7. The van der Waals surface area contributed by atoms with Crippen LogP contribution in [0.4, 0.5) is 10.1 Å². The highest BCUT2D eigenvalue weighted by Gasteiger charge is 2.39. The van der Waals surface area contributed by atoms with Crippen molar-refractivity contribution in [2.24, 2.45) is 0 Å². The molecule has 2 aromatic carbocycles. The summed E-state index contributed by atoms with van der Waals surface area (Å²) in [6, 6.07) is 10.6. The highest BCUT2D eigenvalue weighted by Crippen LogP contribution is 2.40. The molecule has 0 bridgehead atoms. The van der Waals surface area contributed by atoms with Crippen LogP contribution in [0.25, 0.3) is 0 Å². The number of hydrogen-bond donors (Lipinski definition) is 2. The lowest BCUT2D eigenvalue weighted by molar-refractivity contribution is -0.120. The molecule has 0 saturated carbocycles. The fraction of sp³-hybridized carbons (Fsp3) is 0.333. The quantitative estimate of drug-likeness (QED) is 0.724. The zero-order chi connectivity index (χ0) is 22.2. The van der Waals surface area contributed by atoms with E-state index in [1.807, 2.05) is 35.1 Å². The van der Waals surface area contributed by atoms with Crippen molar-refractivity contribution in [3.05, 3.63) is 58.9 Å². The topological polar surface area (TPSA) is 105 Å². The van der Waals surface area contributed by atoms with Crippen molar-refractivity contribution in [2.75, 3.05) is 10.8 Å². The molecule has 1 aliphatic heterocycles. The van der Waals surface area contributed by atoms with E-state index < -0.39 is 28.5 Å². The standard InChI is InChI=1S/C21H22FN3O5S/c1-13(26)23-16-8-7-15-9-18(30-12-14-5-3-2-4-6-14)21(20(22)17(15)10-16)25-11-19(27)24-31(25,28)29/h2-6,9,16H,7-8,10-12H2,1H3,(H,23,26)(H,24,27). The van der Waals surface area contributed by atoms with Gasteiger partial charge in [-0.2, -0.15) is 8.42 Å². The number of amides is 2. The molecule has 164 valence electrons. The van der Waals surface area contributed by atoms with Crippen LogP contribution in [-0.4, -0.2) is 32.8 Å². The second-order valence-corrected chi connectivity index (χ2v) is 9.22. The number of nitrogens with zero attached hydrogens (tertiary/aromatic N) is 1. The number of nitrogens with one attached hydrogen (secondary N) is 2. The van der Waals surface area contributed by atoms with Gasteiger partial charge in [0.25, 0.3) is 5.91 Å². The van der Waals surface area contributed by atoms with Crippen molar-refractivity contribution in [1.82, 2.24) is 10.0 Å². The molecule has 2 aromatic rings. The largest absolute Gasteiger partial charge is 0.487 e. The van der Waals surface area contributed by atoms with E-state index in [2.05, 4.69) is 5.32 Å². The van der Waals surface area contributed by atoms with Crippen LogP contribution < -0.4 is 19.1 Å². The van der Waals surface area contributed by atoms with E-state index in [4.69, 9.17) is 4.74 Å². The van der Waals surface area contributed by atoms with Gasteiger partial charge in [-0.15, -0.1) is 0 Å². The number of hydrogen-bond acceptors (Lipinski definition) is 5. The normalized spacial score (nSPS) is 19.5. The molecule has 31 heavy (non-hydrogen) atoms. The minimum absolute atomic E-state index is 0.0538. The first-order chi connectivity index (χ1) is 14.7. The fourth-order valence-corrected chi connectivity index (χ4v) is 5.12. The molecule has 4 rings (SSSR count). The molecule has 0 spiro atoms. The number of ether oxygens (including phenoxy) is 1. The third kappa shape index (κ3) is 4.34. The molecule has 1 aliphatic carbocycles. The number of benzene rings is 2. The van der Waals surface area contributed by atoms with Crippen molar-refractivity contribution in [3.8, 4) is 5.75 Å². The first kappa shape index (κ1) is 21.1. The average molecular weight is 447 g/mol. The Hall–Kier alpha value is -3.14. The summed E-state index contributed by atoms with van der Waals surface area (Å²) in [5, 5.41) is 2.79. The maximum Gasteiger partial charge on any atom is 0.326 e. The van der Waals surface area contributed by atoms with E-state index in [-0.39, 0.29) is 36.4 Å². The lowest BCUT2D eigenvalue weighted by atomic mass is 9.87.